The SMILES string of the molecule is COc1cc(/C=C(/C#N)C(=O)Nc2nc(S(=O)(=O)C(C)C)ns2)ccc1OCc1ccccc1. The summed E-state index contributed by atoms with van der Waals surface area (Å²) < 4.78 is 39.3. The van der Waals surface area contributed by atoms with Gasteiger partial charge in [-0.2, -0.15) is 14.6 Å². The lowest BCUT2D eigenvalue weighted by atomic mass is 10.1. The first-order valence-electron chi connectivity index (χ1n) is 10.1. The number of nitriles is 1. The minimum Gasteiger partial charge on any atom is -0.493 e. The van der Waals surface area contributed by atoms with Gasteiger partial charge in [-0.05, 0) is 43.2 Å². The molecule has 1 heterocycles. The lowest BCUT2D eigenvalue weighted by Crippen LogP contribution is -2.16. The predicted molar refractivity (Wildman–Crippen MR) is 128 cm³/mol. The molecule has 3 rings (SSSR count). The second-order valence-corrected chi connectivity index (χ2v) is 10.4. The third-order valence-corrected chi connectivity index (χ3v) is 7.28. The van der Waals surface area contributed by atoms with E-state index < -0.39 is 21.0 Å². The topological polar surface area (TPSA) is 131 Å². The molecule has 2 aromatic carbocycles. The molecule has 0 spiro atoms. The fourth-order valence-electron chi connectivity index (χ4n) is 2.70. The summed E-state index contributed by atoms with van der Waals surface area (Å²) in [6.07, 6.45) is 1.38. The summed E-state index contributed by atoms with van der Waals surface area (Å²) in [6, 6.07) is 16.5. The van der Waals surface area contributed by atoms with E-state index in [0.717, 1.165) is 17.1 Å². The van der Waals surface area contributed by atoms with E-state index in [1.807, 2.05) is 36.4 Å². The Morgan fingerprint density at radius 3 is 2.59 bits per heavy atom. The number of ether oxygens (including phenoxy) is 2. The van der Waals surface area contributed by atoms with Crippen molar-refractivity contribution in [2.75, 3.05) is 12.4 Å². The van der Waals surface area contributed by atoms with Gasteiger partial charge in [0.05, 0.1) is 12.4 Å². The highest BCUT2D eigenvalue weighted by Crippen LogP contribution is 2.30. The molecule has 1 N–H and O–H groups in total. The number of hydrogen-bond donors (Lipinski definition) is 1. The Morgan fingerprint density at radius 1 is 1.21 bits per heavy atom. The highest BCUT2D eigenvalue weighted by molar-refractivity contribution is 7.91. The zero-order valence-electron chi connectivity index (χ0n) is 18.7. The Labute approximate surface area is 201 Å². The molecule has 0 saturated carbocycles. The Bertz CT molecular complexity index is 1340. The van der Waals surface area contributed by atoms with Crippen LogP contribution >= 0.6 is 11.5 Å². The van der Waals surface area contributed by atoms with Crippen molar-refractivity contribution in [1.82, 2.24) is 9.36 Å². The average molecular weight is 499 g/mol. The van der Waals surface area contributed by atoms with Crippen LogP contribution in [0, 0.1) is 11.3 Å². The number of hydrogen-bond acceptors (Lipinski definition) is 9. The lowest BCUT2D eigenvalue weighted by Gasteiger charge is -2.11. The largest absolute Gasteiger partial charge is 0.493 e. The van der Waals surface area contributed by atoms with Crippen LogP contribution in [0.1, 0.15) is 25.0 Å². The summed E-state index contributed by atoms with van der Waals surface area (Å²) in [7, 11) is -2.17. The van der Waals surface area contributed by atoms with Gasteiger partial charge >= 0.3 is 0 Å². The monoisotopic (exact) mass is 498 g/mol. The summed E-state index contributed by atoms with van der Waals surface area (Å²) in [5, 5.41) is 10.8. The molecule has 9 nitrogen and oxygen atoms in total. The summed E-state index contributed by atoms with van der Waals surface area (Å²) in [5.74, 6) is 0.213. The number of nitrogens with one attached hydrogen (secondary N) is 1. The van der Waals surface area contributed by atoms with Gasteiger partial charge < -0.3 is 9.47 Å². The molecule has 0 aliphatic rings. The Morgan fingerprint density at radius 2 is 1.94 bits per heavy atom. The van der Waals surface area contributed by atoms with Gasteiger partial charge in [-0.3, -0.25) is 10.1 Å². The number of amides is 1. The molecule has 0 aliphatic heterocycles. The number of rotatable bonds is 9. The van der Waals surface area contributed by atoms with Crippen molar-refractivity contribution in [3.8, 4) is 17.6 Å². The van der Waals surface area contributed by atoms with Crippen LogP contribution in [-0.4, -0.2) is 36.0 Å². The quantitative estimate of drug-likeness (QED) is 0.348. The highest BCUT2D eigenvalue weighted by Gasteiger charge is 2.25. The van der Waals surface area contributed by atoms with E-state index in [4.69, 9.17) is 9.47 Å². The van der Waals surface area contributed by atoms with Gasteiger partial charge in [0, 0.05) is 11.5 Å². The van der Waals surface area contributed by atoms with Gasteiger partial charge in [0.2, 0.25) is 15.0 Å². The van der Waals surface area contributed by atoms with Crippen LogP contribution in [0.5, 0.6) is 11.5 Å². The van der Waals surface area contributed by atoms with E-state index >= 15 is 0 Å². The molecule has 0 fully saturated rings. The summed E-state index contributed by atoms with van der Waals surface area (Å²) in [4.78, 5) is 16.4. The van der Waals surface area contributed by atoms with Crippen LogP contribution in [-0.2, 0) is 21.2 Å². The number of benzene rings is 2. The van der Waals surface area contributed by atoms with Crippen molar-refractivity contribution >= 4 is 38.5 Å². The van der Waals surface area contributed by atoms with Crippen LogP contribution in [0.15, 0.2) is 59.3 Å². The average Bonchev–Trinajstić information content (AvgIpc) is 3.31. The fourth-order valence-corrected chi connectivity index (χ4v) is 4.39. The molecule has 3 aromatic rings. The van der Waals surface area contributed by atoms with Gasteiger partial charge in [-0.15, -0.1) is 0 Å². The summed E-state index contributed by atoms with van der Waals surface area (Å²) in [6.45, 7) is 3.38. The van der Waals surface area contributed by atoms with Crippen molar-refractivity contribution in [1.29, 1.82) is 5.26 Å². The first kappa shape index (κ1) is 24.9. The fraction of sp³-hybridized carbons (Fsp3) is 0.217. The minimum absolute atomic E-state index is 0.0207. The van der Waals surface area contributed by atoms with E-state index in [0.29, 0.717) is 23.7 Å². The first-order chi connectivity index (χ1) is 16.2. The second-order valence-electron chi connectivity index (χ2n) is 7.28. The number of carbonyl (C=O) groups is 1. The van der Waals surface area contributed by atoms with Crippen molar-refractivity contribution in [2.45, 2.75) is 30.9 Å². The summed E-state index contributed by atoms with van der Waals surface area (Å²) >= 11 is 0.723. The molecule has 176 valence electrons. The van der Waals surface area contributed by atoms with Gasteiger partial charge in [0.25, 0.3) is 11.1 Å². The molecule has 0 unspecified atom stereocenters. The zero-order valence-corrected chi connectivity index (χ0v) is 20.3. The molecule has 0 radical (unpaired) electrons. The molecule has 0 saturated heterocycles. The maximum atomic E-state index is 12.6. The van der Waals surface area contributed by atoms with Crippen molar-refractivity contribution in [2.24, 2.45) is 0 Å². The number of sulfone groups is 1. The number of nitrogens with zero attached hydrogens (tertiary/aromatic N) is 3. The van der Waals surface area contributed by atoms with Gasteiger partial charge in [-0.1, -0.05) is 36.4 Å². The van der Waals surface area contributed by atoms with Crippen molar-refractivity contribution in [3.05, 3.63) is 65.2 Å². The Balaban J connectivity index is 1.75. The maximum Gasteiger partial charge on any atom is 0.268 e. The van der Waals surface area contributed by atoms with Crippen LogP contribution in [0.2, 0.25) is 0 Å². The highest BCUT2D eigenvalue weighted by atomic mass is 32.2. The third-order valence-electron chi connectivity index (χ3n) is 4.60. The molecular formula is C23H22N4O5S2. The van der Waals surface area contributed by atoms with Crippen molar-refractivity contribution in [3.63, 3.8) is 0 Å². The molecular weight excluding hydrogens is 476 g/mol. The van der Waals surface area contributed by atoms with Crippen molar-refractivity contribution < 1.29 is 22.7 Å². The third kappa shape index (κ3) is 5.98. The predicted octanol–water partition coefficient (Wildman–Crippen LogP) is 3.85. The first-order valence-corrected chi connectivity index (χ1v) is 12.4. The van der Waals surface area contributed by atoms with Gasteiger partial charge in [0.15, 0.2) is 11.5 Å². The number of methoxy groups -OCH3 is 1. The van der Waals surface area contributed by atoms with Crippen LogP contribution < -0.4 is 14.8 Å². The zero-order chi connectivity index (χ0) is 24.7. The van der Waals surface area contributed by atoms with E-state index in [2.05, 4.69) is 14.7 Å². The van der Waals surface area contributed by atoms with Crippen LogP contribution in [0.3, 0.4) is 0 Å². The van der Waals surface area contributed by atoms with E-state index in [1.54, 1.807) is 18.2 Å². The normalized spacial score (nSPS) is 11.7. The second kappa shape index (κ2) is 10.9. The van der Waals surface area contributed by atoms with Gasteiger partial charge in [0.1, 0.15) is 18.2 Å². The minimum atomic E-state index is -3.67. The maximum absolute atomic E-state index is 12.6. The standard InChI is InChI=1S/C23H22N4O5S2/c1-15(2)34(29,30)23-26-22(33-27-23)25-21(28)18(13-24)11-17-9-10-19(20(12-17)31-3)32-14-16-7-5-4-6-8-16/h4-12,15H,14H2,1-3H3,(H,25,26,27,28)/b18-11-. The molecule has 11 heteroatoms. The van der Waals surface area contributed by atoms with E-state index in [9.17, 15) is 18.5 Å². The molecule has 0 atom stereocenters. The van der Waals surface area contributed by atoms with Gasteiger partial charge in [-0.25, -0.2) is 8.42 Å². The lowest BCUT2D eigenvalue weighted by molar-refractivity contribution is -0.112. The number of carbonyl (C=O) groups excluding carboxylic acids is 1. The Hall–Kier alpha value is -3.75. The van der Waals surface area contributed by atoms with E-state index in [1.165, 1.54) is 27.0 Å². The van der Waals surface area contributed by atoms with E-state index in [-0.39, 0.29) is 15.9 Å². The van der Waals surface area contributed by atoms with Crippen LogP contribution in [0.25, 0.3) is 6.08 Å². The smallest absolute Gasteiger partial charge is 0.268 e. The molecule has 0 aliphatic carbocycles. The molecule has 34 heavy (non-hydrogen) atoms. The number of aromatic nitrogens is 2. The number of anilines is 1. The summed E-state index contributed by atoms with van der Waals surface area (Å²) in [5.41, 5.74) is 1.33. The van der Waals surface area contributed by atoms with Crippen LogP contribution in [0.4, 0.5) is 5.13 Å². The molecule has 0 bridgehead atoms. The molecule has 1 aromatic heterocycles. The molecule has 1 amide bonds. The Kier molecular flexibility index (Phi) is 7.99.